The summed E-state index contributed by atoms with van der Waals surface area (Å²) < 4.78 is 0. The molecule has 1 aliphatic carbocycles. The number of hydrogen-bond donors (Lipinski definition) is 3. The predicted octanol–water partition coefficient (Wildman–Crippen LogP) is 2.71. The van der Waals surface area contributed by atoms with Gasteiger partial charge in [-0.05, 0) is 33.1 Å². The minimum absolute atomic E-state index is 0.0501. The van der Waals surface area contributed by atoms with Crippen molar-refractivity contribution >= 4 is 47.1 Å². The highest BCUT2D eigenvalue weighted by molar-refractivity contribution is 6.20. The van der Waals surface area contributed by atoms with Crippen molar-refractivity contribution in [3.05, 3.63) is 9.81 Å². The van der Waals surface area contributed by atoms with Crippen molar-refractivity contribution in [2.45, 2.75) is 75.9 Å². The van der Waals surface area contributed by atoms with Crippen LogP contribution in [-0.2, 0) is 9.59 Å². The summed E-state index contributed by atoms with van der Waals surface area (Å²) in [6.45, 7) is 3.47. The van der Waals surface area contributed by atoms with Crippen LogP contribution in [0, 0.1) is 9.81 Å². The molecular formula is C18H29Cl2N7O6. The van der Waals surface area contributed by atoms with Gasteiger partial charge in [-0.25, -0.2) is 9.59 Å². The third-order valence-corrected chi connectivity index (χ3v) is 5.52. The number of rotatable bonds is 7. The lowest BCUT2D eigenvalue weighted by Crippen LogP contribution is -2.54. The Hall–Kier alpha value is -2.54. The van der Waals surface area contributed by atoms with Crippen LogP contribution in [0.2, 0.25) is 0 Å². The van der Waals surface area contributed by atoms with Gasteiger partial charge in [-0.2, -0.15) is 10.0 Å². The number of halogens is 2. The van der Waals surface area contributed by atoms with Gasteiger partial charge < -0.3 is 10.6 Å². The van der Waals surface area contributed by atoms with E-state index < -0.39 is 29.5 Å². The number of nitrogens with zero attached hydrogens (tertiary/aromatic N) is 4. The number of amides is 6. The SMILES string of the molecule is CC(Cl)N(N=O)C(=O)NC1(C)CCCCC1.O=NN(CCCl)C(=O)NC1CCC(=O)NC1=O. The highest BCUT2D eigenvalue weighted by Gasteiger charge is 2.32. The van der Waals surface area contributed by atoms with E-state index in [-0.39, 0.29) is 36.7 Å². The summed E-state index contributed by atoms with van der Waals surface area (Å²) in [7, 11) is 0. The number of carbonyl (C=O) groups excluding carboxylic acids is 4. The van der Waals surface area contributed by atoms with Crippen molar-refractivity contribution in [3.63, 3.8) is 0 Å². The number of carbonyl (C=O) groups is 4. The fraction of sp³-hybridized carbons (Fsp3) is 0.778. The predicted molar refractivity (Wildman–Crippen MR) is 121 cm³/mol. The molecule has 2 unspecified atom stereocenters. The largest absolute Gasteiger partial charge is 0.342 e. The Morgan fingerprint density at radius 3 is 2.30 bits per heavy atom. The molecule has 6 amide bonds. The molecule has 1 heterocycles. The summed E-state index contributed by atoms with van der Waals surface area (Å²) in [6, 6.07) is -2.16. The van der Waals surface area contributed by atoms with E-state index in [0.29, 0.717) is 5.01 Å². The maximum Gasteiger partial charge on any atom is 0.342 e. The van der Waals surface area contributed by atoms with E-state index in [4.69, 9.17) is 23.2 Å². The minimum atomic E-state index is -0.834. The molecule has 0 bridgehead atoms. The first-order valence-corrected chi connectivity index (χ1v) is 11.4. The Kier molecular flexibility index (Phi) is 12.0. The van der Waals surface area contributed by atoms with Crippen LogP contribution in [0.25, 0.3) is 0 Å². The van der Waals surface area contributed by atoms with Crippen LogP contribution in [0.15, 0.2) is 10.6 Å². The summed E-state index contributed by atoms with van der Waals surface area (Å²) in [4.78, 5) is 66.1. The van der Waals surface area contributed by atoms with E-state index in [1.807, 2.05) is 6.92 Å². The second kappa shape index (κ2) is 13.9. The van der Waals surface area contributed by atoms with Crippen molar-refractivity contribution in [1.29, 1.82) is 0 Å². The monoisotopic (exact) mass is 509 g/mol. The lowest BCUT2D eigenvalue weighted by molar-refractivity contribution is -0.134. The Labute approximate surface area is 201 Å². The first-order valence-electron chi connectivity index (χ1n) is 10.5. The zero-order valence-corrected chi connectivity index (χ0v) is 20.0. The summed E-state index contributed by atoms with van der Waals surface area (Å²) >= 11 is 11.0. The van der Waals surface area contributed by atoms with Gasteiger partial charge in [-0.1, -0.05) is 30.9 Å². The molecule has 13 nitrogen and oxygen atoms in total. The van der Waals surface area contributed by atoms with E-state index >= 15 is 0 Å². The molecule has 0 radical (unpaired) electrons. The first kappa shape index (κ1) is 28.5. The standard InChI is InChI=1S/C10H18ClN3O2.C8H11ClN4O4/c1-8(11)14(13-16)9(15)12-10(2)6-4-3-5-7-10;9-3-4-13(12-17)8(16)10-5-1-2-6(14)11-7(5)15/h8H,3-7H2,1-2H3,(H,12,15);5H,1-4H2,(H,10,16)(H,11,14,15). The van der Waals surface area contributed by atoms with Gasteiger partial charge in [0.15, 0.2) is 0 Å². The van der Waals surface area contributed by atoms with Crippen molar-refractivity contribution < 1.29 is 19.2 Å². The third-order valence-electron chi connectivity index (χ3n) is 5.17. The second-order valence-corrected chi connectivity index (χ2v) is 8.91. The highest BCUT2D eigenvalue weighted by Crippen LogP contribution is 2.27. The van der Waals surface area contributed by atoms with Crippen LogP contribution < -0.4 is 16.0 Å². The van der Waals surface area contributed by atoms with Gasteiger partial charge in [-0.15, -0.1) is 21.4 Å². The maximum absolute atomic E-state index is 11.7. The van der Waals surface area contributed by atoms with Gasteiger partial charge in [-0.3, -0.25) is 14.9 Å². The second-order valence-electron chi connectivity index (χ2n) is 7.90. The van der Waals surface area contributed by atoms with E-state index in [1.165, 1.54) is 13.3 Å². The van der Waals surface area contributed by atoms with Crippen LogP contribution in [0.1, 0.15) is 58.8 Å². The van der Waals surface area contributed by atoms with Crippen molar-refractivity contribution in [2.24, 2.45) is 10.6 Å². The molecule has 15 heteroatoms. The van der Waals surface area contributed by atoms with E-state index in [0.717, 1.165) is 30.7 Å². The number of nitroso groups, excluding NO2 is 2. The van der Waals surface area contributed by atoms with Crippen LogP contribution >= 0.6 is 23.2 Å². The molecule has 2 aliphatic rings. The van der Waals surface area contributed by atoms with E-state index in [1.54, 1.807) is 0 Å². The molecule has 1 saturated heterocycles. The molecule has 3 N–H and O–H groups in total. The van der Waals surface area contributed by atoms with Gasteiger partial charge >= 0.3 is 12.1 Å². The minimum Gasteiger partial charge on any atom is -0.331 e. The van der Waals surface area contributed by atoms with Crippen LogP contribution in [0.5, 0.6) is 0 Å². The lowest BCUT2D eigenvalue weighted by Gasteiger charge is -2.35. The Balaban J connectivity index is 0.000000331. The van der Waals surface area contributed by atoms with E-state index in [9.17, 15) is 29.0 Å². The smallest absolute Gasteiger partial charge is 0.331 e. The molecule has 0 aromatic rings. The number of alkyl halides is 2. The van der Waals surface area contributed by atoms with Crippen LogP contribution in [0.3, 0.4) is 0 Å². The molecular weight excluding hydrogens is 481 g/mol. The molecule has 0 spiro atoms. The van der Waals surface area contributed by atoms with Gasteiger partial charge in [0.25, 0.3) is 0 Å². The maximum atomic E-state index is 11.7. The quantitative estimate of drug-likeness (QED) is 0.156. The topological polar surface area (TPSA) is 170 Å². The number of nitrogens with one attached hydrogen (secondary N) is 3. The molecule has 0 aromatic heterocycles. The molecule has 1 saturated carbocycles. The number of imide groups is 1. The molecule has 186 valence electrons. The number of urea groups is 2. The van der Waals surface area contributed by atoms with E-state index in [2.05, 4.69) is 26.5 Å². The zero-order valence-electron chi connectivity index (χ0n) is 18.5. The summed E-state index contributed by atoms with van der Waals surface area (Å²) in [5, 5.41) is 13.6. The van der Waals surface area contributed by atoms with Gasteiger partial charge in [0.1, 0.15) is 11.5 Å². The van der Waals surface area contributed by atoms with Crippen LogP contribution in [-0.4, -0.2) is 63.4 Å². The molecule has 2 atom stereocenters. The summed E-state index contributed by atoms with van der Waals surface area (Å²) in [5.41, 5.74) is -0.964. The molecule has 1 aliphatic heterocycles. The highest BCUT2D eigenvalue weighted by atomic mass is 35.5. The number of piperidine rings is 1. The fourth-order valence-electron chi connectivity index (χ4n) is 3.35. The summed E-state index contributed by atoms with van der Waals surface area (Å²) in [5.74, 6) is -0.924. The average Bonchev–Trinajstić information content (AvgIpc) is 2.74. The summed E-state index contributed by atoms with van der Waals surface area (Å²) in [6.07, 6.45) is 5.60. The number of hydrogen-bond acceptors (Lipinski definition) is 8. The van der Waals surface area contributed by atoms with Crippen molar-refractivity contribution in [1.82, 2.24) is 26.0 Å². The van der Waals surface area contributed by atoms with Crippen LogP contribution in [0.4, 0.5) is 9.59 Å². The Morgan fingerprint density at radius 1 is 1.18 bits per heavy atom. The van der Waals surface area contributed by atoms with Crippen molar-refractivity contribution in [2.75, 3.05) is 12.4 Å². The Morgan fingerprint density at radius 2 is 1.82 bits per heavy atom. The zero-order chi connectivity index (χ0) is 25.0. The van der Waals surface area contributed by atoms with Gasteiger partial charge in [0, 0.05) is 17.8 Å². The lowest BCUT2D eigenvalue weighted by atomic mass is 9.83. The molecule has 0 aromatic carbocycles. The average molecular weight is 510 g/mol. The molecule has 33 heavy (non-hydrogen) atoms. The molecule has 2 rings (SSSR count). The fourth-order valence-corrected chi connectivity index (χ4v) is 3.63. The Bertz CT molecular complexity index is 733. The first-order chi connectivity index (χ1) is 15.6. The van der Waals surface area contributed by atoms with Crippen molar-refractivity contribution in [3.8, 4) is 0 Å². The van der Waals surface area contributed by atoms with Gasteiger partial charge in [0.05, 0.1) is 17.1 Å². The third kappa shape index (κ3) is 9.46. The van der Waals surface area contributed by atoms with Gasteiger partial charge in [0.2, 0.25) is 11.8 Å². The normalized spacial score (nSPS) is 20.2. The molecule has 2 fully saturated rings.